The Balaban J connectivity index is 1.84. The number of rotatable bonds is 2. The zero-order chi connectivity index (χ0) is 19.3. The lowest BCUT2D eigenvalue weighted by Gasteiger charge is -2.13. The van der Waals surface area contributed by atoms with E-state index < -0.39 is 11.2 Å². The molecule has 0 fully saturated rings. The summed E-state index contributed by atoms with van der Waals surface area (Å²) in [4.78, 5) is 33.1. The lowest BCUT2D eigenvalue weighted by molar-refractivity contribution is 0.745. The summed E-state index contributed by atoms with van der Waals surface area (Å²) >= 11 is 0. The summed E-state index contributed by atoms with van der Waals surface area (Å²) in [6.07, 6.45) is 8.82. The number of aryl methyl sites for hydroxylation is 2. The second kappa shape index (κ2) is 6.12. The Morgan fingerprint density at radius 2 is 2.00 bits per heavy atom. The van der Waals surface area contributed by atoms with Gasteiger partial charge in [-0.2, -0.15) is 0 Å². The quantitative estimate of drug-likeness (QED) is 0.580. The number of benzene rings is 1. The lowest BCUT2D eigenvalue weighted by atomic mass is 10.1. The summed E-state index contributed by atoms with van der Waals surface area (Å²) in [5.41, 5.74) is 1.75. The van der Waals surface area contributed by atoms with E-state index in [4.69, 9.17) is 0 Å². The van der Waals surface area contributed by atoms with Gasteiger partial charge in [0.2, 0.25) is 0 Å². The SMILES string of the molecule is Cc1[nH]c(=O)n(-c2cncc3ccccc23)c(=O)c1-n1nnc2c1C=CCC2. The van der Waals surface area contributed by atoms with Crippen molar-refractivity contribution >= 4 is 16.8 Å². The summed E-state index contributed by atoms with van der Waals surface area (Å²) in [6, 6.07) is 7.49. The predicted molar refractivity (Wildman–Crippen MR) is 105 cm³/mol. The van der Waals surface area contributed by atoms with E-state index >= 15 is 0 Å². The van der Waals surface area contributed by atoms with Crippen LogP contribution >= 0.6 is 0 Å². The fourth-order valence-electron chi connectivity index (χ4n) is 3.63. The monoisotopic (exact) mass is 372 g/mol. The molecular formula is C20H16N6O2. The van der Waals surface area contributed by atoms with Crippen molar-refractivity contribution < 1.29 is 0 Å². The molecule has 1 aliphatic rings. The van der Waals surface area contributed by atoms with Gasteiger partial charge in [-0.3, -0.25) is 9.78 Å². The van der Waals surface area contributed by atoms with Gasteiger partial charge in [-0.15, -0.1) is 5.10 Å². The topological polar surface area (TPSA) is 98.5 Å². The highest BCUT2D eigenvalue weighted by Gasteiger charge is 2.21. The molecule has 3 aromatic heterocycles. The number of hydrogen-bond acceptors (Lipinski definition) is 5. The van der Waals surface area contributed by atoms with Gasteiger partial charge in [-0.25, -0.2) is 14.0 Å². The molecule has 0 unspecified atom stereocenters. The molecule has 0 atom stereocenters. The predicted octanol–water partition coefficient (Wildman–Crippen LogP) is 1.92. The first-order valence-electron chi connectivity index (χ1n) is 8.95. The molecule has 1 N–H and O–H groups in total. The van der Waals surface area contributed by atoms with Crippen LogP contribution in [0.5, 0.6) is 0 Å². The Bertz CT molecular complexity index is 1370. The van der Waals surface area contributed by atoms with E-state index in [-0.39, 0.29) is 5.69 Å². The van der Waals surface area contributed by atoms with Crippen LogP contribution in [0.25, 0.3) is 28.2 Å². The fraction of sp³-hybridized carbons (Fsp3) is 0.150. The van der Waals surface area contributed by atoms with Gasteiger partial charge >= 0.3 is 5.69 Å². The van der Waals surface area contributed by atoms with Crippen LogP contribution in [-0.2, 0) is 6.42 Å². The van der Waals surface area contributed by atoms with Crippen LogP contribution in [0.4, 0.5) is 0 Å². The van der Waals surface area contributed by atoms with Crippen LogP contribution in [0, 0.1) is 6.92 Å². The fourth-order valence-corrected chi connectivity index (χ4v) is 3.63. The normalized spacial score (nSPS) is 13.0. The van der Waals surface area contributed by atoms with Crippen LogP contribution in [0.1, 0.15) is 23.5 Å². The summed E-state index contributed by atoms with van der Waals surface area (Å²) in [5, 5.41) is 9.99. The van der Waals surface area contributed by atoms with Crippen molar-refractivity contribution in [3.63, 3.8) is 0 Å². The number of nitrogens with zero attached hydrogens (tertiary/aromatic N) is 5. The molecule has 138 valence electrons. The second-order valence-electron chi connectivity index (χ2n) is 6.70. The molecule has 0 saturated carbocycles. The standard InChI is InChI=1S/C20H16N6O2/c1-12-18(26-16-9-5-4-8-15(16)23-24-26)19(27)25(20(28)22-12)17-11-21-10-13-6-2-3-7-14(13)17/h2-3,5-7,9-11H,4,8H2,1H3,(H,22,28). The minimum Gasteiger partial charge on any atom is -0.309 e. The van der Waals surface area contributed by atoms with Crippen LogP contribution in [0.2, 0.25) is 0 Å². The number of nitrogens with one attached hydrogen (secondary N) is 1. The van der Waals surface area contributed by atoms with E-state index in [1.54, 1.807) is 13.1 Å². The molecule has 1 aliphatic carbocycles. The number of allylic oxidation sites excluding steroid dienone is 1. The molecule has 4 aromatic rings. The number of aromatic amines is 1. The van der Waals surface area contributed by atoms with Gasteiger partial charge in [-0.1, -0.05) is 35.6 Å². The summed E-state index contributed by atoms with van der Waals surface area (Å²) in [5.74, 6) is 0. The minimum absolute atomic E-state index is 0.271. The number of H-pyrrole nitrogens is 1. The largest absolute Gasteiger partial charge is 0.333 e. The smallest absolute Gasteiger partial charge is 0.309 e. The highest BCUT2D eigenvalue weighted by Crippen LogP contribution is 2.21. The van der Waals surface area contributed by atoms with Gasteiger partial charge < -0.3 is 4.98 Å². The minimum atomic E-state index is -0.520. The highest BCUT2D eigenvalue weighted by atomic mass is 16.2. The third kappa shape index (κ3) is 2.34. The Kier molecular flexibility index (Phi) is 3.58. The lowest BCUT2D eigenvalue weighted by Crippen LogP contribution is -2.37. The van der Waals surface area contributed by atoms with Gasteiger partial charge in [0.25, 0.3) is 5.56 Å². The summed E-state index contributed by atoms with van der Waals surface area (Å²) in [6.45, 7) is 1.68. The molecule has 8 nitrogen and oxygen atoms in total. The molecule has 0 aliphatic heterocycles. The Morgan fingerprint density at radius 1 is 1.14 bits per heavy atom. The first-order chi connectivity index (χ1) is 13.6. The van der Waals surface area contributed by atoms with Gasteiger partial charge in [0.15, 0.2) is 5.69 Å². The number of aromatic nitrogens is 6. The molecule has 0 spiro atoms. The molecule has 0 radical (unpaired) electrons. The first-order valence-corrected chi connectivity index (χ1v) is 8.95. The van der Waals surface area contributed by atoms with E-state index in [1.165, 1.54) is 10.9 Å². The van der Waals surface area contributed by atoms with Crippen molar-refractivity contribution in [2.75, 3.05) is 0 Å². The zero-order valence-corrected chi connectivity index (χ0v) is 15.1. The summed E-state index contributed by atoms with van der Waals surface area (Å²) in [7, 11) is 0. The van der Waals surface area contributed by atoms with Crippen molar-refractivity contribution in [3.8, 4) is 11.4 Å². The maximum absolute atomic E-state index is 13.4. The van der Waals surface area contributed by atoms with Crippen LogP contribution in [0.15, 0.2) is 52.3 Å². The van der Waals surface area contributed by atoms with Gasteiger partial charge in [-0.05, 0) is 25.8 Å². The molecule has 28 heavy (non-hydrogen) atoms. The van der Waals surface area contributed by atoms with E-state index in [9.17, 15) is 9.59 Å². The summed E-state index contributed by atoms with van der Waals surface area (Å²) < 4.78 is 2.62. The Labute approximate surface area is 158 Å². The molecular weight excluding hydrogens is 356 g/mol. The van der Waals surface area contributed by atoms with E-state index in [0.29, 0.717) is 11.4 Å². The van der Waals surface area contributed by atoms with Crippen molar-refractivity contribution in [1.29, 1.82) is 0 Å². The van der Waals surface area contributed by atoms with E-state index in [1.807, 2.05) is 36.4 Å². The molecule has 5 rings (SSSR count). The number of pyridine rings is 1. The molecule has 1 aromatic carbocycles. The average molecular weight is 372 g/mol. The Morgan fingerprint density at radius 3 is 2.89 bits per heavy atom. The third-order valence-electron chi connectivity index (χ3n) is 4.96. The maximum Gasteiger partial charge on any atom is 0.333 e. The second-order valence-corrected chi connectivity index (χ2v) is 6.70. The van der Waals surface area contributed by atoms with Crippen molar-refractivity contribution in [1.82, 2.24) is 29.5 Å². The average Bonchev–Trinajstić information content (AvgIpc) is 3.12. The maximum atomic E-state index is 13.4. The van der Waals surface area contributed by atoms with Gasteiger partial charge in [0.1, 0.15) is 0 Å². The van der Waals surface area contributed by atoms with Crippen molar-refractivity contribution in [2.24, 2.45) is 0 Å². The van der Waals surface area contributed by atoms with E-state index in [2.05, 4.69) is 20.3 Å². The first kappa shape index (κ1) is 16.4. The molecule has 3 heterocycles. The van der Waals surface area contributed by atoms with Crippen LogP contribution < -0.4 is 11.2 Å². The van der Waals surface area contributed by atoms with Crippen molar-refractivity contribution in [2.45, 2.75) is 19.8 Å². The van der Waals surface area contributed by atoms with Crippen LogP contribution in [0.3, 0.4) is 0 Å². The molecule has 0 amide bonds. The zero-order valence-electron chi connectivity index (χ0n) is 15.1. The van der Waals surface area contributed by atoms with Crippen molar-refractivity contribution in [3.05, 3.63) is 80.7 Å². The van der Waals surface area contributed by atoms with Gasteiger partial charge in [0.05, 0.1) is 23.3 Å². The number of fused-ring (bicyclic) bond motifs is 2. The van der Waals surface area contributed by atoms with Gasteiger partial charge in [0, 0.05) is 22.7 Å². The molecule has 8 heteroatoms. The third-order valence-corrected chi connectivity index (χ3v) is 4.96. The van der Waals surface area contributed by atoms with E-state index in [0.717, 1.165) is 39.6 Å². The van der Waals surface area contributed by atoms with Crippen LogP contribution in [-0.4, -0.2) is 29.5 Å². The highest BCUT2D eigenvalue weighted by molar-refractivity contribution is 5.89. The molecule has 0 saturated heterocycles. The Hall–Kier alpha value is -3.81. The number of hydrogen-bond donors (Lipinski definition) is 1. The molecule has 0 bridgehead atoms.